The summed E-state index contributed by atoms with van der Waals surface area (Å²) >= 11 is 0. The van der Waals surface area contributed by atoms with Crippen molar-refractivity contribution in [2.75, 3.05) is 22.9 Å². The van der Waals surface area contributed by atoms with Crippen LogP contribution in [0.2, 0.25) is 0 Å². The van der Waals surface area contributed by atoms with Crippen molar-refractivity contribution in [2.24, 2.45) is 11.8 Å². The number of anilines is 2. The van der Waals surface area contributed by atoms with Crippen molar-refractivity contribution < 1.29 is 19.5 Å². The van der Waals surface area contributed by atoms with Crippen LogP contribution in [0.5, 0.6) is 0 Å². The van der Waals surface area contributed by atoms with Crippen LogP contribution in [0.25, 0.3) is 0 Å². The lowest BCUT2D eigenvalue weighted by molar-refractivity contribution is -0.122. The van der Waals surface area contributed by atoms with Gasteiger partial charge in [-0.1, -0.05) is 48.5 Å². The molecule has 6 nitrogen and oxygen atoms in total. The molecular formula is C30H26N2O4. The maximum Gasteiger partial charge on any atom is 0.337 e. The first-order valence-electron chi connectivity index (χ1n) is 12.7. The van der Waals surface area contributed by atoms with Crippen molar-refractivity contribution in [3.63, 3.8) is 0 Å². The highest BCUT2D eigenvalue weighted by atomic mass is 16.4. The Morgan fingerprint density at radius 3 is 1.69 bits per heavy atom. The number of carboxylic acid groups (broad SMARTS) is 1. The van der Waals surface area contributed by atoms with Crippen LogP contribution in [0, 0.1) is 11.8 Å². The third-order valence-corrected chi connectivity index (χ3v) is 8.61. The van der Waals surface area contributed by atoms with Gasteiger partial charge in [0, 0.05) is 24.9 Å². The molecule has 1 N–H and O–H groups in total. The third kappa shape index (κ3) is 2.81. The highest BCUT2D eigenvalue weighted by Gasteiger charge is 2.61. The molecule has 0 saturated carbocycles. The summed E-state index contributed by atoms with van der Waals surface area (Å²) < 4.78 is 0. The molecule has 3 aromatic rings. The number of carbonyl (C=O) groups excluding carboxylic acids is 2. The molecule has 0 radical (unpaired) electrons. The molecule has 3 aromatic carbocycles. The number of rotatable bonds is 3. The second-order valence-corrected chi connectivity index (χ2v) is 10.3. The van der Waals surface area contributed by atoms with E-state index in [0.29, 0.717) is 11.4 Å². The molecule has 2 atom stereocenters. The number of hydrogen-bond donors (Lipinski definition) is 1. The molecular weight excluding hydrogens is 452 g/mol. The maximum absolute atomic E-state index is 14.0. The minimum atomic E-state index is -1.05. The van der Waals surface area contributed by atoms with Crippen LogP contribution in [-0.4, -0.2) is 36.0 Å². The molecule has 36 heavy (non-hydrogen) atoms. The number of imide groups is 1. The molecule has 2 bridgehead atoms. The van der Waals surface area contributed by atoms with Crippen LogP contribution in [0.3, 0.4) is 0 Å². The van der Waals surface area contributed by atoms with E-state index in [2.05, 4.69) is 29.2 Å². The van der Waals surface area contributed by atoms with Crippen LogP contribution < -0.4 is 9.80 Å². The molecule has 0 aromatic heterocycles. The second-order valence-electron chi connectivity index (χ2n) is 10.3. The Hall–Kier alpha value is -3.93. The van der Waals surface area contributed by atoms with Crippen LogP contribution in [0.15, 0.2) is 66.7 Å². The highest BCUT2D eigenvalue weighted by molar-refractivity contribution is 6.23. The topological polar surface area (TPSA) is 77.9 Å². The molecule has 2 amide bonds. The van der Waals surface area contributed by atoms with E-state index in [4.69, 9.17) is 0 Å². The maximum atomic E-state index is 14.0. The lowest BCUT2D eigenvalue weighted by Gasteiger charge is -2.45. The zero-order valence-corrected chi connectivity index (χ0v) is 19.8. The lowest BCUT2D eigenvalue weighted by Crippen LogP contribution is -2.41. The Morgan fingerprint density at radius 2 is 1.22 bits per heavy atom. The van der Waals surface area contributed by atoms with Crippen molar-refractivity contribution in [1.82, 2.24) is 0 Å². The van der Waals surface area contributed by atoms with Gasteiger partial charge in [0.1, 0.15) is 0 Å². The zero-order valence-electron chi connectivity index (χ0n) is 19.8. The zero-order chi connectivity index (χ0) is 24.6. The van der Waals surface area contributed by atoms with Gasteiger partial charge in [0.15, 0.2) is 0 Å². The van der Waals surface area contributed by atoms with Gasteiger partial charge >= 0.3 is 5.97 Å². The monoisotopic (exact) mass is 478 g/mol. The van der Waals surface area contributed by atoms with Gasteiger partial charge in [-0.25, -0.2) is 9.69 Å². The molecule has 2 fully saturated rings. The third-order valence-electron chi connectivity index (χ3n) is 8.61. The average Bonchev–Trinajstić information content (AvgIpc) is 3.19. The number of benzene rings is 3. The number of nitrogens with zero attached hydrogens (tertiary/aromatic N) is 2. The number of carboxylic acids is 1. The first-order chi connectivity index (χ1) is 17.6. The minimum absolute atomic E-state index is 0.138. The van der Waals surface area contributed by atoms with Crippen LogP contribution >= 0.6 is 0 Å². The Labute approximate surface area is 209 Å². The largest absolute Gasteiger partial charge is 0.478 e. The molecule has 3 aliphatic carbocycles. The molecule has 8 rings (SSSR count). The number of carbonyl (C=O) groups is 3. The van der Waals surface area contributed by atoms with E-state index >= 15 is 0 Å². The molecule has 0 spiro atoms. The Balaban J connectivity index is 1.33. The first-order valence-corrected chi connectivity index (χ1v) is 12.7. The highest BCUT2D eigenvalue weighted by Crippen LogP contribution is 2.61. The number of aromatic carboxylic acids is 1. The van der Waals surface area contributed by atoms with Gasteiger partial charge in [-0.15, -0.1) is 0 Å². The molecule has 180 valence electrons. The summed E-state index contributed by atoms with van der Waals surface area (Å²) in [6.07, 6.45) is 3.19. The van der Waals surface area contributed by atoms with Gasteiger partial charge in [0.2, 0.25) is 11.8 Å². The van der Waals surface area contributed by atoms with Crippen molar-refractivity contribution in [2.45, 2.75) is 31.1 Å². The van der Waals surface area contributed by atoms with E-state index in [9.17, 15) is 19.5 Å². The summed E-state index contributed by atoms with van der Waals surface area (Å²) in [5.41, 5.74) is 5.63. The fourth-order valence-corrected chi connectivity index (χ4v) is 7.18. The van der Waals surface area contributed by atoms with Gasteiger partial charge < -0.3 is 10.0 Å². The summed E-state index contributed by atoms with van der Waals surface area (Å²) in [4.78, 5) is 43.6. The fraction of sp³-hybridized carbons (Fsp3) is 0.300. The smallest absolute Gasteiger partial charge is 0.337 e. The van der Waals surface area contributed by atoms with Crippen molar-refractivity contribution in [3.8, 4) is 0 Å². The van der Waals surface area contributed by atoms with E-state index < -0.39 is 17.8 Å². The predicted octanol–water partition coefficient (Wildman–Crippen LogP) is 4.77. The molecule has 0 unspecified atom stereocenters. The van der Waals surface area contributed by atoms with Crippen molar-refractivity contribution in [3.05, 3.63) is 94.5 Å². The molecule has 5 aliphatic rings. The quantitative estimate of drug-likeness (QED) is 0.549. The summed E-state index contributed by atoms with van der Waals surface area (Å²) in [7, 11) is 0. The van der Waals surface area contributed by atoms with Crippen LogP contribution in [0.4, 0.5) is 11.4 Å². The summed E-state index contributed by atoms with van der Waals surface area (Å²) in [6.45, 7) is 1.62. The number of amides is 2. The summed E-state index contributed by atoms with van der Waals surface area (Å²) in [5, 5.41) is 10.0. The van der Waals surface area contributed by atoms with Crippen LogP contribution in [-0.2, 0) is 9.59 Å². The SMILES string of the molecule is O=C(O)c1cc(N2C(=O)[C@@H]3C4c5ccccc5C(c5ccccc54)[C@@H]3C2=O)ccc1N1CCCCC1. The average molecular weight is 479 g/mol. The van der Waals surface area contributed by atoms with Gasteiger partial charge in [0.05, 0.1) is 28.8 Å². The predicted molar refractivity (Wildman–Crippen MR) is 136 cm³/mol. The summed E-state index contributed by atoms with van der Waals surface area (Å²) in [5.74, 6) is -2.84. The second kappa shape index (κ2) is 7.79. The van der Waals surface area contributed by atoms with Crippen LogP contribution in [0.1, 0.15) is 63.7 Å². The Morgan fingerprint density at radius 1 is 0.722 bits per heavy atom. The van der Waals surface area contributed by atoms with E-state index in [1.54, 1.807) is 12.1 Å². The van der Waals surface area contributed by atoms with E-state index in [0.717, 1.165) is 54.6 Å². The first kappa shape index (κ1) is 21.4. The Kier molecular flexibility index (Phi) is 4.62. The van der Waals surface area contributed by atoms with Crippen molar-refractivity contribution >= 4 is 29.2 Å². The van der Waals surface area contributed by atoms with Gasteiger partial charge in [-0.05, 0) is 59.7 Å². The summed E-state index contributed by atoms with van der Waals surface area (Å²) in [6, 6.07) is 21.3. The van der Waals surface area contributed by atoms with E-state index in [-0.39, 0.29) is 29.2 Å². The number of hydrogen-bond acceptors (Lipinski definition) is 4. The van der Waals surface area contributed by atoms with E-state index in [1.807, 2.05) is 24.3 Å². The van der Waals surface area contributed by atoms with Gasteiger partial charge in [0.25, 0.3) is 0 Å². The number of piperidine rings is 1. The Bertz CT molecular complexity index is 1320. The normalized spacial score (nSPS) is 26.0. The standard InChI is InChI=1S/C30H26N2O4/c33-28-26-24-18-8-2-3-9-19(18)25(21-11-5-4-10-20(21)24)27(26)29(34)32(28)17-12-13-23(22(16-17)30(35)36)31-14-6-1-7-15-31/h2-5,8-13,16,24-27H,1,6-7,14-15H2,(H,35,36)/t24?,25?,26-,27+. The van der Waals surface area contributed by atoms with Gasteiger partial charge in [-0.3, -0.25) is 9.59 Å². The lowest BCUT2D eigenvalue weighted by atomic mass is 9.55. The molecule has 2 aliphatic heterocycles. The molecule has 6 heteroatoms. The van der Waals surface area contributed by atoms with Gasteiger partial charge in [-0.2, -0.15) is 0 Å². The minimum Gasteiger partial charge on any atom is -0.478 e. The fourth-order valence-electron chi connectivity index (χ4n) is 7.18. The van der Waals surface area contributed by atoms with E-state index in [1.165, 1.54) is 11.0 Å². The molecule has 2 heterocycles. The molecule has 2 saturated heterocycles. The van der Waals surface area contributed by atoms with Crippen molar-refractivity contribution in [1.29, 1.82) is 0 Å².